The van der Waals surface area contributed by atoms with Crippen LogP contribution in [0.4, 0.5) is 4.39 Å². The van der Waals surface area contributed by atoms with Crippen LogP contribution in [-0.2, 0) is 4.79 Å². The van der Waals surface area contributed by atoms with E-state index in [1.54, 1.807) is 6.07 Å². The number of carbonyl (C=O) groups is 1. The maximum absolute atomic E-state index is 12.8. The molecule has 0 N–H and O–H groups in total. The van der Waals surface area contributed by atoms with Crippen LogP contribution in [0.5, 0.6) is 0 Å². The van der Waals surface area contributed by atoms with Gasteiger partial charge in [0.25, 0.3) is 0 Å². The molecule has 2 heteroatoms. The number of halogens is 1. The predicted octanol–water partition coefficient (Wildman–Crippen LogP) is 2.66. The Morgan fingerprint density at radius 2 is 2.23 bits per heavy atom. The van der Waals surface area contributed by atoms with Gasteiger partial charge in [0.2, 0.25) is 0 Å². The Labute approximate surface area is 76.6 Å². The maximum atomic E-state index is 12.8. The molecule has 1 atom stereocenters. The van der Waals surface area contributed by atoms with E-state index < -0.39 is 0 Å². The fourth-order valence-electron chi connectivity index (χ4n) is 1.86. The van der Waals surface area contributed by atoms with Crippen LogP contribution in [0.1, 0.15) is 30.7 Å². The largest absolute Gasteiger partial charge is 0.300 e. The molecule has 68 valence electrons. The van der Waals surface area contributed by atoms with Crippen LogP contribution < -0.4 is 0 Å². The quantitative estimate of drug-likeness (QED) is 0.646. The standard InChI is InChI=1S/C11H11FO/c12-10-3-1-2-8(6-10)9-4-5-11(13)7-9/h1-3,6,9H,4-5,7H2/t9-/m1/s1. The number of ketones is 1. The molecule has 1 aliphatic carbocycles. The van der Waals surface area contributed by atoms with E-state index in [2.05, 4.69) is 0 Å². The Hall–Kier alpha value is -1.18. The molecule has 0 amide bonds. The highest BCUT2D eigenvalue weighted by molar-refractivity contribution is 5.81. The molecule has 1 fully saturated rings. The van der Waals surface area contributed by atoms with Gasteiger partial charge >= 0.3 is 0 Å². The average molecular weight is 178 g/mol. The van der Waals surface area contributed by atoms with Crippen molar-refractivity contribution < 1.29 is 9.18 Å². The summed E-state index contributed by atoms with van der Waals surface area (Å²) in [6.07, 6.45) is 2.12. The van der Waals surface area contributed by atoms with Crippen LogP contribution in [0.2, 0.25) is 0 Å². The zero-order chi connectivity index (χ0) is 9.26. The highest BCUT2D eigenvalue weighted by Crippen LogP contribution is 2.31. The van der Waals surface area contributed by atoms with Gasteiger partial charge in [-0.15, -0.1) is 0 Å². The molecular weight excluding hydrogens is 167 g/mol. The summed E-state index contributed by atoms with van der Waals surface area (Å²) in [5.74, 6) is 0.342. The molecule has 0 saturated heterocycles. The molecule has 0 aliphatic heterocycles. The van der Waals surface area contributed by atoms with E-state index in [1.807, 2.05) is 6.07 Å². The number of Topliss-reactive ketones (excluding diaryl/α,β-unsaturated/α-hetero) is 1. The fraction of sp³-hybridized carbons (Fsp3) is 0.364. The van der Waals surface area contributed by atoms with Crippen molar-refractivity contribution in [1.29, 1.82) is 0 Å². The Morgan fingerprint density at radius 1 is 1.38 bits per heavy atom. The SMILES string of the molecule is O=C1CC[C@@H](c2cccc(F)c2)C1. The van der Waals surface area contributed by atoms with E-state index in [0.717, 1.165) is 12.0 Å². The third-order valence-corrected chi connectivity index (χ3v) is 2.57. The first kappa shape index (κ1) is 8.42. The minimum atomic E-state index is -0.211. The van der Waals surface area contributed by atoms with Crippen molar-refractivity contribution in [3.05, 3.63) is 35.6 Å². The number of benzene rings is 1. The van der Waals surface area contributed by atoms with E-state index in [4.69, 9.17) is 0 Å². The van der Waals surface area contributed by atoms with E-state index in [1.165, 1.54) is 12.1 Å². The second kappa shape index (κ2) is 3.29. The van der Waals surface area contributed by atoms with Crippen LogP contribution in [0, 0.1) is 5.82 Å². The summed E-state index contributed by atoms with van der Waals surface area (Å²) in [5.41, 5.74) is 0.964. The van der Waals surface area contributed by atoms with Gasteiger partial charge in [0, 0.05) is 12.8 Å². The molecule has 1 aromatic carbocycles. The molecular formula is C11H11FO. The molecule has 0 aromatic heterocycles. The van der Waals surface area contributed by atoms with Gasteiger partial charge in [-0.25, -0.2) is 4.39 Å². The predicted molar refractivity (Wildman–Crippen MR) is 48.0 cm³/mol. The molecule has 0 unspecified atom stereocenters. The van der Waals surface area contributed by atoms with E-state index in [0.29, 0.717) is 18.6 Å². The molecule has 1 saturated carbocycles. The number of rotatable bonds is 1. The highest BCUT2D eigenvalue weighted by Gasteiger charge is 2.23. The van der Waals surface area contributed by atoms with Gasteiger partial charge in [-0.1, -0.05) is 12.1 Å². The first-order valence-electron chi connectivity index (χ1n) is 4.53. The average Bonchev–Trinajstić information content (AvgIpc) is 2.52. The van der Waals surface area contributed by atoms with Gasteiger partial charge in [-0.3, -0.25) is 4.79 Å². The van der Waals surface area contributed by atoms with Gasteiger partial charge in [0.1, 0.15) is 11.6 Å². The van der Waals surface area contributed by atoms with Crippen LogP contribution >= 0.6 is 0 Å². The molecule has 1 aliphatic rings. The molecule has 0 radical (unpaired) electrons. The molecule has 0 bridgehead atoms. The lowest BCUT2D eigenvalue weighted by molar-refractivity contribution is -0.117. The van der Waals surface area contributed by atoms with Crippen molar-refractivity contribution in [2.45, 2.75) is 25.2 Å². The minimum absolute atomic E-state index is 0.211. The summed E-state index contributed by atoms with van der Waals surface area (Å²) < 4.78 is 12.8. The second-order valence-corrected chi connectivity index (χ2v) is 3.53. The number of carbonyl (C=O) groups excluding carboxylic acids is 1. The first-order valence-corrected chi connectivity index (χ1v) is 4.53. The summed E-state index contributed by atoms with van der Waals surface area (Å²) in [7, 11) is 0. The van der Waals surface area contributed by atoms with Gasteiger partial charge in [0.15, 0.2) is 0 Å². The monoisotopic (exact) mass is 178 g/mol. The molecule has 0 spiro atoms. The third kappa shape index (κ3) is 1.77. The van der Waals surface area contributed by atoms with Crippen LogP contribution in [0.3, 0.4) is 0 Å². The Bertz CT molecular complexity index is 333. The van der Waals surface area contributed by atoms with E-state index in [9.17, 15) is 9.18 Å². The third-order valence-electron chi connectivity index (χ3n) is 2.57. The normalized spacial score (nSPS) is 22.2. The van der Waals surface area contributed by atoms with Crippen molar-refractivity contribution in [2.24, 2.45) is 0 Å². The van der Waals surface area contributed by atoms with Crippen LogP contribution in [0.25, 0.3) is 0 Å². The van der Waals surface area contributed by atoms with E-state index in [-0.39, 0.29) is 11.7 Å². The number of hydrogen-bond donors (Lipinski definition) is 0. The second-order valence-electron chi connectivity index (χ2n) is 3.53. The van der Waals surface area contributed by atoms with Crippen LogP contribution in [0.15, 0.2) is 24.3 Å². The topological polar surface area (TPSA) is 17.1 Å². The van der Waals surface area contributed by atoms with Crippen molar-refractivity contribution in [2.75, 3.05) is 0 Å². The zero-order valence-corrected chi connectivity index (χ0v) is 7.29. The van der Waals surface area contributed by atoms with Gasteiger partial charge in [-0.2, -0.15) is 0 Å². The summed E-state index contributed by atoms with van der Waals surface area (Å²) in [4.78, 5) is 11.0. The fourth-order valence-corrected chi connectivity index (χ4v) is 1.86. The Morgan fingerprint density at radius 3 is 2.85 bits per heavy atom. The summed E-state index contributed by atoms with van der Waals surface area (Å²) in [6, 6.07) is 6.56. The summed E-state index contributed by atoms with van der Waals surface area (Å²) in [5, 5.41) is 0. The van der Waals surface area contributed by atoms with Crippen molar-refractivity contribution >= 4 is 5.78 Å². The highest BCUT2D eigenvalue weighted by atomic mass is 19.1. The number of hydrogen-bond acceptors (Lipinski definition) is 1. The Balaban J connectivity index is 2.21. The lowest BCUT2D eigenvalue weighted by atomic mass is 9.98. The van der Waals surface area contributed by atoms with Crippen molar-refractivity contribution in [1.82, 2.24) is 0 Å². The first-order chi connectivity index (χ1) is 6.25. The van der Waals surface area contributed by atoms with Gasteiger partial charge < -0.3 is 0 Å². The summed E-state index contributed by atoms with van der Waals surface area (Å²) in [6.45, 7) is 0. The van der Waals surface area contributed by atoms with Crippen LogP contribution in [-0.4, -0.2) is 5.78 Å². The van der Waals surface area contributed by atoms with Gasteiger partial charge in [-0.05, 0) is 30.0 Å². The van der Waals surface area contributed by atoms with Crippen molar-refractivity contribution in [3.8, 4) is 0 Å². The zero-order valence-electron chi connectivity index (χ0n) is 7.29. The lowest BCUT2D eigenvalue weighted by Gasteiger charge is -2.07. The minimum Gasteiger partial charge on any atom is -0.300 e. The lowest BCUT2D eigenvalue weighted by Crippen LogP contribution is -1.94. The molecule has 0 heterocycles. The molecule has 2 rings (SSSR count). The molecule has 1 aromatic rings. The Kier molecular flexibility index (Phi) is 2.13. The maximum Gasteiger partial charge on any atom is 0.133 e. The van der Waals surface area contributed by atoms with Crippen molar-refractivity contribution in [3.63, 3.8) is 0 Å². The van der Waals surface area contributed by atoms with E-state index >= 15 is 0 Å². The molecule has 13 heavy (non-hydrogen) atoms. The summed E-state index contributed by atoms with van der Waals surface area (Å²) >= 11 is 0. The van der Waals surface area contributed by atoms with Gasteiger partial charge in [0.05, 0.1) is 0 Å². The molecule has 1 nitrogen and oxygen atoms in total. The smallest absolute Gasteiger partial charge is 0.133 e.